The fourth-order valence-electron chi connectivity index (χ4n) is 4.38. The minimum Gasteiger partial charge on any atom is -0.378 e. The van der Waals surface area contributed by atoms with Crippen LogP contribution >= 0.6 is 0 Å². The molecule has 1 aromatic carbocycles. The van der Waals surface area contributed by atoms with Gasteiger partial charge in [0.05, 0.1) is 16.9 Å². The average molecular weight is 466 g/mol. The molecule has 2 aliphatic rings. The van der Waals surface area contributed by atoms with Crippen molar-refractivity contribution in [2.75, 3.05) is 31.1 Å². The minimum absolute atomic E-state index is 0.0282. The fourth-order valence-corrected chi connectivity index (χ4v) is 5.84. The minimum atomic E-state index is -3.55. The van der Waals surface area contributed by atoms with Gasteiger partial charge in [-0.2, -0.15) is 4.31 Å². The normalized spacial score (nSPS) is 22.5. The van der Waals surface area contributed by atoms with Crippen molar-refractivity contribution in [1.29, 1.82) is 0 Å². The molecule has 0 aliphatic carbocycles. The summed E-state index contributed by atoms with van der Waals surface area (Å²) in [6.45, 7) is 7.50. The topological polar surface area (TPSA) is 96.0 Å². The molecule has 9 heteroatoms. The first-order chi connectivity index (χ1) is 15.3. The Morgan fingerprint density at radius 3 is 2.53 bits per heavy atom. The van der Waals surface area contributed by atoms with E-state index in [2.05, 4.69) is 5.32 Å². The van der Waals surface area contributed by atoms with Gasteiger partial charge in [0, 0.05) is 44.4 Å². The summed E-state index contributed by atoms with van der Waals surface area (Å²) in [5, 5.41) is 3.03. The van der Waals surface area contributed by atoms with E-state index in [-0.39, 0.29) is 29.2 Å². The highest BCUT2D eigenvalue weighted by molar-refractivity contribution is 7.89. The standard InChI is InChI=1S/C23H35N3O5S/c1-4-25(5-2)32(29,30)21-12-9-19(10-13-21)26-16-18(15-22(26)27)23(28)24-17(3)8-11-20-7-6-14-31-20/h9-10,12-13,17-18,20H,4-8,11,14-16H2,1-3H3,(H,24,28)/t17-,18-,20+/m1/s1. The number of carbonyl (C=O) groups is 2. The number of nitrogens with zero attached hydrogens (tertiary/aromatic N) is 2. The summed E-state index contributed by atoms with van der Waals surface area (Å²) in [5.74, 6) is -0.648. The highest BCUT2D eigenvalue weighted by atomic mass is 32.2. The molecule has 32 heavy (non-hydrogen) atoms. The number of hydrogen-bond donors (Lipinski definition) is 1. The van der Waals surface area contributed by atoms with Crippen molar-refractivity contribution in [3.05, 3.63) is 24.3 Å². The van der Waals surface area contributed by atoms with Gasteiger partial charge < -0.3 is 15.0 Å². The van der Waals surface area contributed by atoms with Crippen LogP contribution in [-0.2, 0) is 24.3 Å². The Labute approximate surface area is 191 Å². The van der Waals surface area contributed by atoms with Crippen LogP contribution in [-0.4, -0.2) is 62.9 Å². The van der Waals surface area contributed by atoms with Gasteiger partial charge in [0.1, 0.15) is 0 Å². The predicted molar refractivity (Wildman–Crippen MR) is 123 cm³/mol. The second-order valence-corrected chi connectivity index (χ2v) is 10.5. The zero-order valence-corrected chi connectivity index (χ0v) is 20.1. The Kier molecular flexibility index (Phi) is 8.30. The maximum absolute atomic E-state index is 12.7. The lowest BCUT2D eigenvalue weighted by atomic mass is 10.0. The van der Waals surface area contributed by atoms with Gasteiger partial charge in [-0.3, -0.25) is 9.59 Å². The third-order valence-electron chi connectivity index (χ3n) is 6.32. The fraction of sp³-hybridized carbons (Fsp3) is 0.652. The number of anilines is 1. The van der Waals surface area contributed by atoms with Crippen molar-refractivity contribution in [2.45, 2.75) is 69.9 Å². The summed E-state index contributed by atoms with van der Waals surface area (Å²) in [6.07, 6.45) is 4.43. The van der Waals surface area contributed by atoms with Gasteiger partial charge >= 0.3 is 0 Å². The van der Waals surface area contributed by atoms with Crippen LogP contribution < -0.4 is 10.2 Å². The van der Waals surface area contributed by atoms with E-state index in [0.29, 0.717) is 31.4 Å². The maximum atomic E-state index is 12.7. The molecule has 2 amide bonds. The Morgan fingerprint density at radius 2 is 1.94 bits per heavy atom. The zero-order valence-electron chi connectivity index (χ0n) is 19.2. The monoisotopic (exact) mass is 465 g/mol. The van der Waals surface area contributed by atoms with E-state index in [0.717, 1.165) is 32.3 Å². The molecule has 0 bridgehead atoms. The third kappa shape index (κ3) is 5.68. The smallest absolute Gasteiger partial charge is 0.243 e. The van der Waals surface area contributed by atoms with E-state index in [1.807, 2.05) is 6.92 Å². The molecule has 0 radical (unpaired) electrons. The first kappa shape index (κ1) is 24.7. The Bertz CT molecular complexity index is 893. The molecule has 2 saturated heterocycles. The molecule has 0 saturated carbocycles. The summed E-state index contributed by atoms with van der Waals surface area (Å²) in [4.78, 5) is 27.0. The van der Waals surface area contributed by atoms with Crippen molar-refractivity contribution in [2.24, 2.45) is 5.92 Å². The number of hydrogen-bond acceptors (Lipinski definition) is 5. The van der Waals surface area contributed by atoms with E-state index >= 15 is 0 Å². The van der Waals surface area contributed by atoms with Crippen molar-refractivity contribution >= 4 is 27.5 Å². The number of nitrogens with one attached hydrogen (secondary N) is 1. The summed E-state index contributed by atoms with van der Waals surface area (Å²) in [7, 11) is -3.55. The van der Waals surface area contributed by atoms with Crippen LogP contribution in [0.25, 0.3) is 0 Å². The van der Waals surface area contributed by atoms with Crippen LogP contribution in [0, 0.1) is 5.92 Å². The molecule has 2 fully saturated rings. The third-order valence-corrected chi connectivity index (χ3v) is 8.39. The summed E-state index contributed by atoms with van der Waals surface area (Å²) in [6, 6.07) is 6.35. The maximum Gasteiger partial charge on any atom is 0.243 e. The molecular formula is C23H35N3O5S. The number of ether oxygens (including phenoxy) is 1. The van der Waals surface area contributed by atoms with Crippen molar-refractivity contribution in [3.8, 4) is 0 Å². The van der Waals surface area contributed by atoms with Crippen LogP contribution in [0.3, 0.4) is 0 Å². The number of rotatable bonds is 10. The Morgan fingerprint density at radius 1 is 1.25 bits per heavy atom. The van der Waals surface area contributed by atoms with E-state index in [9.17, 15) is 18.0 Å². The highest BCUT2D eigenvalue weighted by Crippen LogP contribution is 2.27. The molecule has 0 unspecified atom stereocenters. The molecule has 0 aromatic heterocycles. The lowest BCUT2D eigenvalue weighted by Gasteiger charge is -2.21. The van der Waals surface area contributed by atoms with E-state index < -0.39 is 15.9 Å². The molecular weight excluding hydrogens is 430 g/mol. The van der Waals surface area contributed by atoms with Gasteiger partial charge in [0.15, 0.2) is 0 Å². The van der Waals surface area contributed by atoms with Gasteiger partial charge in [-0.05, 0) is 56.9 Å². The summed E-state index contributed by atoms with van der Waals surface area (Å²) in [5.41, 5.74) is 0.607. The quantitative estimate of drug-likeness (QED) is 0.573. The van der Waals surface area contributed by atoms with Crippen LogP contribution in [0.5, 0.6) is 0 Å². The molecule has 2 aliphatic heterocycles. The number of amides is 2. The molecule has 0 spiro atoms. The first-order valence-corrected chi connectivity index (χ1v) is 13.0. The zero-order chi connectivity index (χ0) is 23.3. The van der Waals surface area contributed by atoms with E-state index in [1.54, 1.807) is 30.9 Å². The molecule has 3 rings (SSSR count). The molecule has 1 N–H and O–H groups in total. The van der Waals surface area contributed by atoms with Crippen molar-refractivity contribution < 1.29 is 22.7 Å². The van der Waals surface area contributed by atoms with Gasteiger partial charge in [0.25, 0.3) is 0 Å². The second kappa shape index (κ2) is 10.8. The summed E-state index contributed by atoms with van der Waals surface area (Å²) >= 11 is 0. The molecule has 2 heterocycles. The van der Waals surface area contributed by atoms with Crippen LogP contribution in [0.15, 0.2) is 29.2 Å². The van der Waals surface area contributed by atoms with Crippen molar-refractivity contribution in [1.82, 2.24) is 9.62 Å². The van der Waals surface area contributed by atoms with Crippen LogP contribution in [0.2, 0.25) is 0 Å². The van der Waals surface area contributed by atoms with Crippen LogP contribution in [0.4, 0.5) is 5.69 Å². The van der Waals surface area contributed by atoms with Gasteiger partial charge in [-0.25, -0.2) is 8.42 Å². The largest absolute Gasteiger partial charge is 0.378 e. The lowest BCUT2D eigenvalue weighted by molar-refractivity contribution is -0.126. The predicted octanol–water partition coefficient (Wildman–Crippen LogP) is 2.53. The van der Waals surface area contributed by atoms with Gasteiger partial charge in [-0.1, -0.05) is 13.8 Å². The van der Waals surface area contributed by atoms with Gasteiger partial charge in [0.2, 0.25) is 21.8 Å². The Balaban J connectivity index is 1.57. The van der Waals surface area contributed by atoms with Crippen molar-refractivity contribution in [3.63, 3.8) is 0 Å². The molecule has 8 nitrogen and oxygen atoms in total. The first-order valence-electron chi connectivity index (χ1n) is 11.6. The Hall–Kier alpha value is -1.97. The molecule has 1 aromatic rings. The summed E-state index contributed by atoms with van der Waals surface area (Å²) < 4.78 is 32.3. The SMILES string of the molecule is CCN(CC)S(=O)(=O)c1ccc(N2C[C@H](C(=O)N[C@H](C)CC[C@@H]3CCCO3)CC2=O)cc1. The average Bonchev–Trinajstić information content (AvgIpc) is 3.43. The second-order valence-electron chi connectivity index (χ2n) is 8.61. The van der Waals surface area contributed by atoms with E-state index in [4.69, 9.17) is 4.74 Å². The molecule has 3 atom stereocenters. The number of benzene rings is 1. The van der Waals surface area contributed by atoms with Gasteiger partial charge in [-0.15, -0.1) is 0 Å². The molecule has 178 valence electrons. The number of carbonyl (C=O) groups excluding carboxylic acids is 2. The number of sulfonamides is 1. The van der Waals surface area contributed by atoms with E-state index in [1.165, 1.54) is 16.4 Å². The lowest BCUT2D eigenvalue weighted by Crippen LogP contribution is -2.38. The highest BCUT2D eigenvalue weighted by Gasteiger charge is 2.35. The van der Waals surface area contributed by atoms with Crippen LogP contribution in [0.1, 0.15) is 52.9 Å².